The number of nitrogens with zero attached hydrogens (tertiary/aromatic N) is 1. The lowest BCUT2D eigenvalue weighted by Gasteiger charge is -2.11. The maximum absolute atomic E-state index is 12.1. The van der Waals surface area contributed by atoms with Crippen LogP contribution in [0.4, 0.5) is 5.69 Å². The van der Waals surface area contributed by atoms with Gasteiger partial charge in [0, 0.05) is 22.1 Å². The van der Waals surface area contributed by atoms with E-state index in [0.717, 1.165) is 4.90 Å². The molecule has 0 radical (unpaired) electrons. The molecule has 0 aromatic heterocycles. The summed E-state index contributed by atoms with van der Waals surface area (Å²) in [6.45, 7) is -0.168. The maximum atomic E-state index is 12.1. The number of carbonyl (C=O) groups is 1. The zero-order valence-corrected chi connectivity index (χ0v) is 14.9. The number of ether oxygens (including phenoxy) is 1. The van der Waals surface area contributed by atoms with Crippen molar-refractivity contribution in [2.75, 3.05) is 17.7 Å². The van der Waals surface area contributed by atoms with Crippen LogP contribution in [-0.4, -0.2) is 18.3 Å². The van der Waals surface area contributed by atoms with E-state index < -0.39 is 0 Å². The molecule has 7 heteroatoms. The Kier molecular flexibility index (Phi) is 7.26. The summed E-state index contributed by atoms with van der Waals surface area (Å²) in [7, 11) is 0. The second-order valence-electron chi connectivity index (χ2n) is 4.66. The molecule has 1 N–H and O–H groups in total. The number of amides is 1. The summed E-state index contributed by atoms with van der Waals surface area (Å²) in [5.41, 5.74) is 0.691. The number of hydrogen-bond donors (Lipinski definition) is 1. The highest BCUT2D eigenvalue weighted by Crippen LogP contribution is 2.29. The average molecular weight is 381 g/mol. The Bertz CT molecular complexity index is 762. The number of nitriles is 1. The van der Waals surface area contributed by atoms with Gasteiger partial charge < -0.3 is 10.1 Å². The first-order valence-electron chi connectivity index (χ1n) is 7.06. The molecule has 0 atom stereocenters. The second kappa shape index (κ2) is 9.43. The van der Waals surface area contributed by atoms with E-state index >= 15 is 0 Å². The zero-order valence-electron chi connectivity index (χ0n) is 12.6. The first-order valence-corrected chi connectivity index (χ1v) is 8.81. The zero-order chi connectivity index (χ0) is 17.4. The lowest BCUT2D eigenvalue weighted by Crippen LogP contribution is -2.20. The van der Waals surface area contributed by atoms with Crippen LogP contribution < -0.4 is 10.1 Å². The van der Waals surface area contributed by atoms with Crippen LogP contribution in [0, 0.1) is 11.3 Å². The number of rotatable bonds is 7. The smallest absolute Gasteiger partial charge is 0.262 e. The van der Waals surface area contributed by atoms with Gasteiger partial charge in [-0.2, -0.15) is 5.26 Å². The molecule has 0 fully saturated rings. The number of anilines is 1. The molecule has 1 amide bonds. The summed E-state index contributed by atoms with van der Waals surface area (Å²) in [5, 5.41) is 12.3. The number of carbonyl (C=O) groups excluding carboxylic acids is 1. The van der Waals surface area contributed by atoms with Gasteiger partial charge in [0.15, 0.2) is 6.61 Å². The molecule has 0 bridgehead atoms. The van der Waals surface area contributed by atoms with Crippen LogP contribution in [-0.2, 0) is 4.79 Å². The van der Waals surface area contributed by atoms with Gasteiger partial charge in [0.05, 0.1) is 16.8 Å². The van der Waals surface area contributed by atoms with Crippen LogP contribution in [0.1, 0.15) is 6.42 Å². The van der Waals surface area contributed by atoms with E-state index in [1.54, 1.807) is 18.2 Å². The molecule has 0 unspecified atom stereocenters. The van der Waals surface area contributed by atoms with E-state index in [9.17, 15) is 4.79 Å². The Labute approximate surface area is 154 Å². The molecule has 0 saturated heterocycles. The largest absolute Gasteiger partial charge is 0.482 e. The summed E-state index contributed by atoms with van der Waals surface area (Å²) in [6, 6.07) is 14.3. The molecular formula is C17H14Cl2N2O2S. The van der Waals surface area contributed by atoms with Gasteiger partial charge in [-0.1, -0.05) is 35.3 Å². The Balaban J connectivity index is 1.93. The van der Waals surface area contributed by atoms with Crippen LogP contribution in [0.5, 0.6) is 5.75 Å². The monoisotopic (exact) mass is 380 g/mol. The molecule has 0 saturated carbocycles. The van der Waals surface area contributed by atoms with E-state index in [-0.39, 0.29) is 12.5 Å². The number of thioether (sulfide) groups is 1. The van der Waals surface area contributed by atoms with Gasteiger partial charge >= 0.3 is 0 Å². The minimum atomic E-state index is -0.297. The number of nitrogens with one attached hydrogen (secondary N) is 1. The third kappa shape index (κ3) is 5.64. The lowest BCUT2D eigenvalue weighted by atomic mass is 10.3. The van der Waals surface area contributed by atoms with Gasteiger partial charge in [0.1, 0.15) is 5.75 Å². The van der Waals surface area contributed by atoms with Crippen LogP contribution in [0.15, 0.2) is 47.4 Å². The highest BCUT2D eigenvalue weighted by molar-refractivity contribution is 7.99. The van der Waals surface area contributed by atoms with Crippen molar-refractivity contribution in [3.05, 3.63) is 52.5 Å². The molecule has 2 rings (SSSR count). The van der Waals surface area contributed by atoms with Crippen molar-refractivity contribution in [3.8, 4) is 11.8 Å². The van der Waals surface area contributed by atoms with Gasteiger partial charge in [0.25, 0.3) is 5.91 Å². The van der Waals surface area contributed by atoms with E-state index in [1.165, 1.54) is 11.8 Å². The fraction of sp³-hybridized carbons (Fsp3) is 0.176. The van der Waals surface area contributed by atoms with Crippen molar-refractivity contribution in [2.24, 2.45) is 0 Å². The van der Waals surface area contributed by atoms with Gasteiger partial charge in [0.2, 0.25) is 0 Å². The third-order valence-electron chi connectivity index (χ3n) is 2.89. The fourth-order valence-electron chi connectivity index (χ4n) is 1.82. The maximum Gasteiger partial charge on any atom is 0.262 e. The van der Waals surface area contributed by atoms with Crippen molar-refractivity contribution in [1.82, 2.24) is 0 Å². The number of halogens is 2. The highest BCUT2D eigenvalue weighted by atomic mass is 35.5. The molecule has 24 heavy (non-hydrogen) atoms. The van der Waals surface area contributed by atoms with Crippen molar-refractivity contribution < 1.29 is 9.53 Å². The summed E-state index contributed by atoms with van der Waals surface area (Å²) in [6.07, 6.45) is 0.450. The lowest BCUT2D eigenvalue weighted by molar-refractivity contribution is -0.118. The quantitative estimate of drug-likeness (QED) is 0.541. The van der Waals surface area contributed by atoms with E-state index in [1.807, 2.05) is 24.3 Å². The average Bonchev–Trinajstić information content (AvgIpc) is 2.56. The van der Waals surface area contributed by atoms with Crippen LogP contribution in [0.3, 0.4) is 0 Å². The first kappa shape index (κ1) is 18.5. The number of para-hydroxylation sites is 1. The van der Waals surface area contributed by atoms with Gasteiger partial charge in [-0.15, -0.1) is 11.8 Å². The van der Waals surface area contributed by atoms with Crippen molar-refractivity contribution in [3.63, 3.8) is 0 Å². The van der Waals surface area contributed by atoms with Crippen LogP contribution in [0.25, 0.3) is 0 Å². The SMILES string of the molecule is N#CCCSc1ccccc1NC(=O)COc1ccc(Cl)cc1Cl. The normalized spacial score (nSPS) is 10.0. The molecule has 2 aromatic carbocycles. The first-order chi connectivity index (χ1) is 11.6. The predicted molar refractivity (Wildman–Crippen MR) is 98.0 cm³/mol. The molecule has 124 valence electrons. The Hall–Kier alpha value is -1.87. The summed E-state index contributed by atoms with van der Waals surface area (Å²) < 4.78 is 5.41. The minimum Gasteiger partial charge on any atom is -0.482 e. The highest BCUT2D eigenvalue weighted by Gasteiger charge is 2.09. The molecule has 2 aromatic rings. The Morgan fingerprint density at radius 1 is 1.25 bits per heavy atom. The van der Waals surface area contributed by atoms with Crippen molar-refractivity contribution >= 4 is 46.6 Å². The fourth-order valence-corrected chi connectivity index (χ4v) is 3.15. The van der Waals surface area contributed by atoms with Crippen molar-refractivity contribution in [1.29, 1.82) is 5.26 Å². The molecule has 0 aliphatic heterocycles. The van der Waals surface area contributed by atoms with Gasteiger partial charge in [-0.05, 0) is 30.3 Å². The molecule has 0 aliphatic carbocycles. The van der Waals surface area contributed by atoms with Crippen molar-refractivity contribution in [2.45, 2.75) is 11.3 Å². The third-order valence-corrected chi connectivity index (χ3v) is 4.49. The molecular weight excluding hydrogens is 367 g/mol. The van der Waals surface area contributed by atoms with E-state index in [2.05, 4.69) is 11.4 Å². The molecule has 4 nitrogen and oxygen atoms in total. The number of benzene rings is 2. The minimum absolute atomic E-state index is 0.168. The molecule has 0 spiro atoms. The topological polar surface area (TPSA) is 62.1 Å². The van der Waals surface area contributed by atoms with Gasteiger partial charge in [-0.25, -0.2) is 0 Å². The summed E-state index contributed by atoms with van der Waals surface area (Å²) in [5.74, 6) is 0.766. The summed E-state index contributed by atoms with van der Waals surface area (Å²) >= 11 is 13.3. The second-order valence-corrected chi connectivity index (χ2v) is 6.64. The summed E-state index contributed by atoms with van der Waals surface area (Å²) in [4.78, 5) is 13.0. The standard InChI is InChI=1S/C17H14Cl2N2O2S/c18-12-6-7-15(13(19)10-12)23-11-17(22)21-14-4-1-2-5-16(14)24-9-3-8-20/h1-2,4-7,10H,3,9,11H2,(H,21,22). The molecule has 0 heterocycles. The van der Waals surface area contributed by atoms with Gasteiger partial charge in [-0.3, -0.25) is 4.79 Å². The van der Waals surface area contributed by atoms with Crippen LogP contribution in [0.2, 0.25) is 10.0 Å². The van der Waals surface area contributed by atoms with Crippen LogP contribution >= 0.6 is 35.0 Å². The Morgan fingerprint density at radius 3 is 2.79 bits per heavy atom. The van der Waals surface area contributed by atoms with E-state index in [0.29, 0.717) is 33.7 Å². The predicted octanol–water partition coefficient (Wildman–Crippen LogP) is 5.02. The number of hydrogen-bond acceptors (Lipinski definition) is 4. The Morgan fingerprint density at radius 2 is 2.04 bits per heavy atom. The van der Waals surface area contributed by atoms with E-state index in [4.69, 9.17) is 33.2 Å². The molecule has 0 aliphatic rings.